The van der Waals surface area contributed by atoms with Crippen LogP contribution in [0, 0.1) is 11.3 Å². The largest absolute Gasteiger partial charge is 0.197 e. The molecule has 1 aliphatic rings. The molecule has 0 atom stereocenters. The molecule has 2 rings (SSSR count). The van der Waals surface area contributed by atoms with Crippen LogP contribution in [0.5, 0.6) is 0 Å². The quantitative estimate of drug-likeness (QED) is 0.437. The van der Waals surface area contributed by atoms with Crippen LogP contribution in [0.15, 0.2) is 35.5 Å². The first kappa shape index (κ1) is 11.3. The molecule has 0 heterocycles. The van der Waals surface area contributed by atoms with Gasteiger partial charge in [-0.25, -0.2) is 0 Å². The predicted molar refractivity (Wildman–Crippen MR) is 66.0 cm³/mol. The van der Waals surface area contributed by atoms with Crippen LogP contribution in [0.1, 0.15) is 24.0 Å². The Hall–Kier alpha value is -2.24. The summed E-state index contributed by atoms with van der Waals surface area (Å²) in [5.41, 5.74) is 10.0. The molecule has 1 aromatic rings. The lowest BCUT2D eigenvalue weighted by molar-refractivity contribution is 0.908. The van der Waals surface area contributed by atoms with Crippen molar-refractivity contribution in [2.24, 2.45) is 5.11 Å². The van der Waals surface area contributed by atoms with E-state index < -0.39 is 0 Å². The Labute approximate surface area is 99.8 Å². The number of hydrogen-bond donors (Lipinski definition) is 0. The van der Waals surface area contributed by atoms with Crippen LogP contribution in [-0.2, 0) is 5.41 Å². The van der Waals surface area contributed by atoms with Crippen molar-refractivity contribution in [3.05, 3.63) is 51.9 Å². The second-order valence-corrected chi connectivity index (χ2v) is 4.14. The smallest absolute Gasteiger partial charge is 0.0824 e. The minimum absolute atomic E-state index is 0.241. The molecule has 1 saturated carbocycles. The highest BCUT2D eigenvalue weighted by molar-refractivity contribution is 5.53. The number of azide groups is 1. The lowest BCUT2D eigenvalue weighted by atomic mass is 9.96. The molecule has 1 aromatic carbocycles. The second-order valence-electron chi connectivity index (χ2n) is 4.14. The minimum atomic E-state index is -0.241. The van der Waals surface area contributed by atoms with E-state index in [0.717, 1.165) is 24.0 Å². The average Bonchev–Trinajstić information content (AvgIpc) is 3.16. The SMILES string of the molecule is N#CC1(c2cccc(C=CCN=[N+]=[N-])c2)CC1. The van der Waals surface area contributed by atoms with Crippen molar-refractivity contribution in [3.8, 4) is 6.07 Å². The molecule has 1 aliphatic carbocycles. The van der Waals surface area contributed by atoms with E-state index >= 15 is 0 Å². The molecule has 0 aliphatic heterocycles. The molecule has 0 bridgehead atoms. The number of nitrogens with zero attached hydrogens (tertiary/aromatic N) is 4. The normalized spacial score (nSPS) is 16.2. The molecule has 0 unspecified atom stereocenters. The molecule has 1 fully saturated rings. The van der Waals surface area contributed by atoms with Gasteiger partial charge in [0.05, 0.1) is 11.5 Å². The topological polar surface area (TPSA) is 72.5 Å². The van der Waals surface area contributed by atoms with Crippen molar-refractivity contribution in [2.75, 3.05) is 6.54 Å². The molecule has 4 heteroatoms. The fraction of sp³-hybridized carbons (Fsp3) is 0.308. The second kappa shape index (κ2) is 4.73. The number of rotatable bonds is 4. The van der Waals surface area contributed by atoms with Crippen molar-refractivity contribution < 1.29 is 0 Å². The zero-order chi connectivity index (χ0) is 12.1. The van der Waals surface area contributed by atoms with Gasteiger partial charge in [-0.05, 0) is 29.5 Å². The molecule has 84 valence electrons. The van der Waals surface area contributed by atoms with E-state index in [1.54, 1.807) is 0 Å². The van der Waals surface area contributed by atoms with Crippen LogP contribution in [0.3, 0.4) is 0 Å². The zero-order valence-electron chi connectivity index (χ0n) is 9.37. The van der Waals surface area contributed by atoms with Gasteiger partial charge >= 0.3 is 0 Å². The lowest BCUT2D eigenvalue weighted by Gasteiger charge is -2.06. The highest BCUT2D eigenvalue weighted by Gasteiger charge is 2.44. The first-order chi connectivity index (χ1) is 8.30. The molecule has 0 N–H and O–H groups in total. The highest BCUT2D eigenvalue weighted by atomic mass is 15.1. The Bertz CT molecular complexity index is 529. The maximum Gasteiger partial charge on any atom is 0.0824 e. The van der Waals surface area contributed by atoms with Gasteiger partial charge in [-0.3, -0.25) is 0 Å². The first-order valence-corrected chi connectivity index (χ1v) is 5.50. The van der Waals surface area contributed by atoms with Crippen molar-refractivity contribution in [1.29, 1.82) is 5.26 Å². The van der Waals surface area contributed by atoms with Crippen molar-refractivity contribution >= 4 is 6.08 Å². The Morgan fingerprint density at radius 3 is 3.00 bits per heavy atom. The van der Waals surface area contributed by atoms with Crippen LogP contribution in [0.4, 0.5) is 0 Å². The van der Waals surface area contributed by atoms with Gasteiger partial charge in [0, 0.05) is 11.5 Å². The van der Waals surface area contributed by atoms with Gasteiger partial charge in [-0.2, -0.15) is 5.26 Å². The van der Waals surface area contributed by atoms with E-state index in [1.165, 1.54) is 0 Å². The molecule has 4 nitrogen and oxygen atoms in total. The zero-order valence-corrected chi connectivity index (χ0v) is 9.37. The van der Waals surface area contributed by atoms with Crippen molar-refractivity contribution in [3.63, 3.8) is 0 Å². The number of nitriles is 1. The maximum atomic E-state index is 9.12. The van der Waals surface area contributed by atoms with Gasteiger partial charge in [0.25, 0.3) is 0 Å². The summed E-state index contributed by atoms with van der Waals surface area (Å²) in [5.74, 6) is 0. The molecule has 0 radical (unpaired) electrons. The van der Waals surface area contributed by atoms with Gasteiger partial charge in [-0.1, -0.05) is 41.5 Å². The van der Waals surface area contributed by atoms with Crippen molar-refractivity contribution in [1.82, 2.24) is 0 Å². The van der Waals surface area contributed by atoms with E-state index in [0.29, 0.717) is 6.54 Å². The van der Waals surface area contributed by atoms with Gasteiger partial charge in [0.15, 0.2) is 0 Å². The average molecular weight is 224 g/mol. The summed E-state index contributed by atoms with van der Waals surface area (Å²) < 4.78 is 0. The Kier molecular flexibility index (Phi) is 3.13. The van der Waals surface area contributed by atoms with Crippen LogP contribution < -0.4 is 0 Å². The fourth-order valence-electron chi connectivity index (χ4n) is 1.80. The van der Waals surface area contributed by atoms with Crippen LogP contribution in [0.25, 0.3) is 16.5 Å². The molecular weight excluding hydrogens is 212 g/mol. The monoisotopic (exact) mass is 224 g/mol. The standard InChI is InChI=1S/C13H12N4/c14-10-13(6-7-13)12-5-1-3-11(9-12)4-2-8-16-17-15/h1-5,9H,6-8H2. The molecule has 0 spiro atoms. The summed E-state index contributed by atoms with van der Waals surface area (Å²) in [6.45, 7) is 0.351. The number of benzene rings is 1. The third-order valence-corrected chi connectivity index (χ3v) is 2.96. The molecule has 0 saturated heterocycles. The summed E-state index contributed by atoms with van der Waals surface area (Å²) in [7, 11) is 0. The molecule has 0 aromatic heterocycles. The fourth-order valence-corrected chi connectivity index (χ4v) is 1.80. The van der Waals surface area contributed by atoms with Gasteiger partial charge in [-0.15, -0.1) is 0 Å². The summed E-state index contributed by atoms with van der Waals surface area (Å²) in [6, 6.07) is 10.3. The first-order valence-electron chi connectivity index (χ1n) is 5.50. The van der Waals surface area contributed by atoms with E-state index in [9.17, 15) is 0 Å². The van der Waals surface area contributed by atoms with E-state index in [-0.39, 0.29) is 5.41 Å². The predicted octanol–water partition coefficient (Wildman–Crippen LogP) is 3.57. The minimum Gasteiger partial charge on any atom is -0.197 e. The van der Waals surface area contributed by atoms with E-state index in [1.807, 2.05) is 36.4 Å². The lowest BCUT2D eigenvalue weighted by Crippen LogP contribution is -2.01. The third-order valence-electron chi connectivity index (χ3n) is 2.96. The summed E-state index contributed by atoms with van der Waals surface area (Å²) >= 11 is 0. The van der Waals surface area contributed by atoms with Gasteiger partial charge in [0.1, 0.15) is 0 Å². The molecule has 17 heavy (non-hydrogen) atoms. The van der Waals surface area contributed by atoms with Gasteiger partial charge in [0.2, 0.25) is 0 Å². The molecule has 0 amide bonds. The van der Waals surface area contributed by atoms with Crippen molar-refractivity contribution in [2.45, 2.75) is 18.3 Å². The number of hydrogen-bond acceptors (Lipinski definition) is 2. The summed E-state index contributed by atoms with van der Waals surface area (Å²) in [5, 5.41) is 12.6. The Morgan fingerprint density at radius 1 is 1.53 bits per heavy atom. The van der Waals surface area contributed by atoms with E-state index in [4.69, 9.17) is 10.8 Å². The van der Waals surface area contributed by atoms with Gasteiger partial charge < -0.3 is 0 Å². The summed E-state index contributed by atoms with van der Waals surface area (Å²) in [6.07, 6.45) is 5.63. The van der Waals surface area contributed by atoms with Crippen LogP contribution >= 0.6 is 0 Å². The maximum absolute atomic E-state index is 9.12. The van der Waals surface area contributed by atoms with Crippen LogP contribution in [-0.4, -0.2) is 6.54 Å². The highest BCUT2D eigenvalue weighted by Crippen LogP contribution is 2.47. The third kappa shape index (κ3) is 2.47. The molecular formula is C13H12N4. The van der Waals surface area contributed by atoms with E-state index in [2.05, 4.69) is 16.1 Å². The summed E-state index contributed by atoms with van der Waals surface area (Å²) in [4.78, 5) is 2.68. The Morgan fingerprint density at radius 2 is 2.35 bits per heavy atom. The van der Waals surface area contributed by atoms with Crippen LogP contribution in [0.2, 0.25) is 0 Å². The Balaban J connectivity index is 2.15.